The molecule has 0 saturated carbocycles. The van der Waals surface area contributed by atoms with Gasteiger partial charge in [-0.2, -0.15) is 0 Å². The summed E-state index contributed by atoms with van der Waals surface area (Å²) in [6.07, 6.45) is 5.06. The van der Waals surface area contributed by atoms with Gasteiger partial charge in [0, 0.05) is 18.0 Å². The summed E-state index contributed by atoms with van der Waals surface area (Å²) in [5, 5.41) is 4.45. The van der Waals surface area contributed by atoms with Crippen LogP contribution >= 0.6 is 11.3 Å². The predicted molar refractivity (Wildman–Crippen MR) is 91.4 cm³/mol. The Bertz CT molecular complexity index is 654. The predicted octanol–water partition coefficient (Wildman–Crippen LogP) is 2.86. The van der Waals surface area contributed by atoms with Crippen LogP contribution in [0.5, 0.6) is 0 Å². The molecule has 0 spiro atoms. The molecular formula is C15H19N3O2S2. The highest BCUT2D eigenvalue weighted by Crippen LogP contribution is 2.32. The van der Waals surface area contributed by atoms with Crippen molar-refractivity contribution in [1.29, 1.82) is 0 Å². The fraction of sp³-hybridized carbons (Fsp3) is 0.400. The highest BCUT2D eigenvalue weighted by Gasteiger charge is 2.32. The molecule has 0 aliphatic carbocycles. The van der Waals surface area contributed by atoms with E-state index in [1.54, 1.807) is 32.5 Å². The number of pyridine rings is 1. The zero-order valence-electron chi connectivity index (χ0n) is 13.0. The van der Waals surface area contributed by atoms with Gasteiger partial charge in [0.05, 0.1) is 17.4 Å². The average molecular weight is 337 g/mol. The number of aromatic nitrogens is 2. The Morgan fingerprint density at radius 3 is 2.82 bits per heavy atom. The molecule has 1 N–H and O–H groups in total. The minimum absolute atomic E-state index is 0.146. The number of hydrogen-bond donors (Lipinski definition) is 1. The average Bonchev–Trinajstić information content (AvgIpc) is 2.80. The Balaban J connectivity index is 2.17. The zero-order chi connectivity index (χ0) is 16.3. The number of thiazole rings is 1. The van der Waals surface area contributed by atoms with Crippen LogP contribution in [0.15, 0.2) is 24.5 Å². The third kappa shape index (κ3) is 4.06. The smallest absolute Gasteiger partial charge is 0.235 e. The van der Waals surface area contributed by atoms with Crippen LogP contribution in [0.2, 0.25) is 0 Å². The normalized spacial score (nSPS) is 13.0. The number of nitrogens with one attached hydrogen (secondary N) is 1. The van der Waals surface area contributed by atoms with Crippen LogP contribution in [0.1, 0.15) is 19.5 Å². The van der Waals surface area contributed by atoms with Crippen molar-refractivity contribution >= 4 is 33.4 Å². The van der Waals surface area contributed by atoms with Crippen LogP contribution in [0.25, 0.3) is 10.6 Å². The number of amides is 1. The molecule has 0 saturated heterocycles. The Kier molecular flexibility index (Phi) is 5.20. The second kappa shape index (κ2) is 6.76. The van der Waals surface area contributed by atoms with Crippen LogP contribution in [-0.2, 0) is 16.0 Å². The minimum Gasteiger partial charge on any atom is -0.617 e. The monoisotopic (exact) mass is 337 g/mol. The first-order chi connectivity index (χ1) is 10.3. The van der Waals surface area contributed by atoms with Gasteiger partial charge in [0.15, 0.2) is 0 Å². The third-order valence-electron chi connectivity index (χ3n) is 3.11. The molecule has 0 bridgehead atoms. The summed E-state index contributed by atoms with van der Waals surface area (Å²) < 4.78 is 11.4. The molecule has 118 valence electrons. The van der Waals surface area contributed by atoms with Crippen molar-refractivity contribution in [1.82, 2.24) is 9.97 Å². The van der Waals surface area contributed by atoms with E-state index in [2.05, 4.69) is 15.3 Å². The van der Waals surface area contributed by atoms with E-state index in [9.17, 15) is 9.35 Å². The summed E-state index contributed by atoms with van der Waals surface area (Å²) in [5.74, 6) is 0.179. The lowest BCUT2D eigenvalue weighted by Gasteiger charge is -2.22. The van der Waals surface area contributed by atoms with E-state index in [1.165, 1.54) is 11.3 Å². The fourth-order valence-electron chi connectivity index (χ4n) is 1.97. The lowest BCUT2D eigenvalue weighted by Crippen LogP contribution is -2.36. The van der Waals surface area contributed by atoms with E-state index in [1.807, 2.05) is 19.1 Å². The van der Waals surface area contributed by atoms with Crippen LogP contribution in [0.3, 0.4) is 0 Å². The van der Waals surface area contributed by atoms with Gasteiger partial charge < -0.3 is 9.87 Å². The van der Waals surface area contributed by atoms with Crippen LogP contribution < -0.4 is 5.32 Å². The molecule has 5 nitrogen and oxygen atoms in total. The van der Waals surface area contributed by atoms with Crippen molar-refractivity contribution in [2.75, 3.05) is 17.3 Å². The lowest BCUT2D eigenvalue weighted by atomic mass is 9.95. The SMILES string of the molecule is Cc1nc(-c2cccnc2)sc1NC(=O)C(C)(C)C[S+](C)[O-]. The fourth-order valence-corrected chi connectivity index (χ4v) is 4.07. The van der Waals surface area contributed by atoms with E-state index in [0.717, 1.165) is 21.3 Å². The number of anilines is 1. The molecule has 2 rings (SSSR count). The summed E-state index contributed by atoms with van der Waals surface area (Å²) in [5.41, 5.74) is 1.00. The number of rotatable bonds is 5. The van der Waals surface area contributed by atoms with Gasteiger partial charge in [0.2, 0.25) is 5.91 Å². The molecule has 0 radical (unpaired) electrons. The summed E-state index contributed by atoms with van der Waals surface area (Å²) in [7, 11) is 0. The van der Waals surface area contributed by atoms with Crippen LogP contribution in [0.4, 0.5) is 5.00 Å². The van der Waals surface area contributed by atoms with Crippen molar-refractivity contribution < 1.29 is 9.35 Å². The summed E-state index contributed by atoms with van der Waals surface area (Å²) in [6.45, 7) is 5.45. The first kappa shape index (κ1) is 16.9. The third-order valence-corrected chi connectivity index (χ3v) is 5.36. The van der Waals surface area contributed by atoms with Crippen molar-refractivity contribution in [2.24, 2.45) is 5.41 Å². The Morgan fingerprint density at radius 1 is 1.50 bits per heavy atom. The first-order valence-electron chi connectivity index (χ1n) is 6.79. The molecule has 0 fully saturated rings. The second-order valence-corrected chi connectivity index (χ2v) is 8.16. The molecule has 0 aliphatic heterocycles. The topological polar surface area (TPSA) is 77.9 Å². The standard InChI is InChI=1S/C15H19N3O2S2/c1-10-12(18-14(19)15(2,3)9-22(4)20)21-13(17-10)11-6-5-7-16-8-11/h5-8H,9H2,1-4H3,(H,18,19). The highest BCUT2D eigenvalue weighted by molar-refractivity contribution is 7.90. The quantitative estimate of drug-likeness (QED) is 0.851. The summed E-state index contributed by atoms with van der Waals surface area (Å²) >= 11 is 0.392. The molecular weight excluding hydrogens is 318 g/mol. The van der Waals surface area contributed by atoms with Crippen molar-refractivity contribution in [2.45, 2.75) is 20.8 Å². The van der Waals surface area contributed by atoms with Gasteiger partial charge in [0.1, 0.15) is 15.8 Å². The van der Waals surface area contributed by atoms with E-state index in [-0.39, 0.29) is 5.91 Å². The van der Waals surface area contributed by atoms with E-state index in [4.69, 9.17) is 0 Å². The van der Waals surface area contributed by atoms with Gasteiger partial charge in [-0.1, -0.05) is 22.5 Å². The van der Waals surface area contributed by atoms with Crippen molar-refractivity contribution in [3.05, 3.63) is 30.2 Å². The molecule has 2 aromatic heterocycles. The highest BCUT2D eigenvalue weighted by atomic mass is 32.2. The maximum absolute atomic E-state index is 12.4. The summed E-state index contributed by atoms with van der Waals surface area (Å²) in [4.78, 5) is 20.9. The van der Waals surface area contributed by atoms with Gasteiger partial charge in [-0.05, 0) is 32.9 Å². The van der Waals surface area contributed by atoms with Crippen LogP contribution in [-0.4, -0.2) is 32.4 Å². The molecule has 22 heavy (non-hydrogen) atoms. The Labute approximate surface area is 137 Å². The molecule has 7 heteroatoms. The largest absolute Gasteiger partial charge is 0.617 e. The number of aryl methyl sites for hydroxylation is 1. The number of nitrogens with zero attached hydrogens (tertiary/aromatic N) is 2. The first-order valence-corrected chi connectivity index (χ1v) is 9.33. The van der Waals surface area contributed by atoms with Gasteiger partial charge >= 0.3 is 0 Å². The maximum Gasteiger partial charge on any atom is 0.235 e. The van der Waals surface area contributed by atoms with Crippen LogP contribution in [0, 0.1) is 12.3 Å². The molecule has 2 heterocycles. The van der Waals surface area contributed by atoms with E-state index >= 15 is 0 Å². The van der Waals surface area contributed by atoms with Gasteiger partial charge in [-0.25, -0.2) is 4.98 Å². The summed E-state index contributed by atoms with van der Waals surface area (Å²) in [6, 6.07) is 3.78. The van der Waals surface area contributed by atoms with Crippen molar-refractivity contribution in [3.63, 3.8) is 0 Å². The molecule has 2 aromatic rings. The van der Waals surface area contributed by atoms with Gasteiger partial charge in [-0.3, -0.25) is 9.78 Å². The number of carbonyl (C=O) groups is 1. The lowest BCUT2D eigenvalue weighted by molar-refractivity contribution is -0.122. The Morgan fingerprint density at radius 2 is 2.23 bits per heavy atom. The van der Waals surface area contributed by atoms with Gasteiger partial charge in [-0.15, -0.1) is 0 Å². The minimum atomic E-state index is -1.02. The number of hydrogen-bond acceptors (Lipinski definition) is 5. The molecule has 1 atom stereocenters. The van der Waals surface area contributed by atoms with E-state index in [0.29, 0.717) is 5.75 Å². The van der Waals surface area contributed by atoms with Gasteiger partial charge in [0.25, 0.3) is 0 Å². The molecule has 0 aromatic carbocycles. The Hall–Kier alpha value is -1.44. The molecule has 0 aliphatic rings. The van der Waals surface area contributed by atoms with Crippen molar-refractivity contribution in [3.8, 4) is 10.6 Å². The molecule has 1 unspecified atom stereocenters. The zero-order valence-corrected chi connectivity index (χ0v) is 14.7. The number of carbonyl (C=O) groups excluding carboxylic acids is 1. The van der Waals surface area contributed by atoms with E-state index < -0.39 is 16.6 Å². The maximum atomic E-state index is 12.4. The second-order valence-electron chi connectivity index (χ2n) is 5.73. The molecule has 1 amide bonds.